The zero-order valence-electron chi connectivity index (χ0n) is 8.79. The van der Waals surface area contributed by atoms with Crippen molar-refractivity contribution in [3.05, 3.63) is 36.0 Å². The van der Waals surface area contributed by atoms with Gasteiger partial charge in [-0.15, -0.1) is 0 Å². The molecule has 4 N–H and O–H groups in total. The van der Waals surface area contributed by atoms with Gasteiger partial charge in [0.25, 0.3) is 0 Å². The fourth-order valence-electron chi connectivity index (χ4n) is 1.19. The van der Waals surface area contributed by atoms with Crippen molar-refractivity contribution in [2.75, 3.05) is 11.5 Å². The van der Waals surface area contributed by atoms with Crippen LogP contribution in [0.4, 0.5) is 11.6 Å². The second-order valence-corrected chi connectivity index (χ2v) is 3.22. The summed E-state index contributed by atoms with van der Waals surface area (Å²) in [4.78, 5) is 7.73. The highest BCUT2D eigenvalue weighted by Gasteiger charge is 2.03. The Balaban J connectivity index is 2.25. The maximum atomic E-state index is 8.74. The molecule has 0 spiro atoms. The van der Waals surface area contributed by atoms with Crippen molar-refractivity contribution in [3.8, 4) is 17.7 Å². The molecule has 6 nitrogen and oxygen atoms in total. The summed E-state index contributed by atoms with van der Waals surface area (Å²) < 4.78 is 5.40. The van der Waals surface area contributed by atoms with Crippen molar-refractivity contribution < 1.29 is 4.74 Å². The molecule has 0 radical (unpaired) electrons. The molecule has 0 fully saturated rings. The molecule has 0 saturated heterocycles. The minimum Gasteiger partial charge on any atom is -0.437 e. The zero-order valence-corrected chi connectivity index (χ0v) is 8.79. The van der Waals surface area contributed by atoms with Crippen LogP contribution in [0.3, 0.4) is 0 Å². The van der Waals surface area contributed by atoms with E-state index < -0.39 is 0 Å². The van der Waals surface area contributed by atoms with E-state index in [0.717, 1.165) is 0 Å². The van der Waals surface area contributed by atoms with Crippen molar-refractivity contribution >= 4 is 11.6 Å². The molecule has 2 rings (SSSR count). The fourth-order valence-corrected chi connectivity index (χ4v) is 1.19. The number of nitrogen functional groups attached to an aromatic ring is 2. The number of nitrogens with two attached hydrogens (primary N) is 2. The summed E-state index contributed by atoms with van der Waals surface area (Å²) in [5.74, 6) is 0.983. The number of hydrogen-bond donors (Lipinski definition) is 2. The molecule has 0 amide bonds. The second kappa shape index (κ2) is 4.37. The van der Waals surface area contributed by atoms with Gasteiger partial charge >= 0.3 is 0 Å². The Kier molecular flexibility index (Phi) is 2.75. The summed E-state index contributed by atoms with van der Waals surface area (Å²) in [5, 5.41) is 8.74. The van der Waals surface area contributed by atoms with Crippen LogP contribution in [0, 0.1) is 11.3 Å². The number of nitriles is 1. The SMILES string of the molecule is N#Cc1cccc(Oc2cnc(N)c(N)n2)c1. The molecule has 0 aliphatic rings. The van der Waals surface area contributed by atoms with Crippen molar-refractivity contribution in [1.29, 1.82) is 5.26 Å². The predicted molar refractivity (Wildman–Crippen MR) is 62.1 cm³/mol. The molecule has 0 saturated carbocycles. The summed E-state index contributed by atoms with van der Waals surface area (Å²) in [5.41, 5.74) is 11.4. The molecule has 6 heteroatoms. The third kappa shape index (κ3) is 2.41. The Hall–Kier alpha value is -2.81. The summed E-state index contributed by atoms with van der Waals surface area (Å²) in [6, 6.07) is 8.69. The van der Waals surface area contributed by atoms with Gasteiger partial charge in [-0.05, 0) is 18.2 Å². The first-order valence-electron chi connectivity index (χ1n) is 4.75. The van der Waals surface area contributed by atoms with Crippen LogP contribution < -0.4 is 16.2 Å². The Morgan fingerprint density at radius 1 is 1.24 bits per heavy atom. The van der Waals surface area contributed by atoms with E-state index in [-0.39, 0.29) is 17.5 Å². The van der Waals surface area contributed by atoms with Gasteiger partial charge in [0.2, 0.25) is 5.88 Å². The number of hydrogen-bond acceptors (Lipinski definition) is 6. The summed E-state index contributed by atoms with van der Waals surface area (Å²) >= 11 is 0. The van der Waals surface area contributed by atoms with Gasteiger partial charge in [-0.2, -0.15) is 10.2 Å². The molecule has 1 heterocycles. The molecular formula is C11H9N5O. The Morgan fingerprint density at radius 3 is 2.76 bits per heavy atom. The lowest BCUT2D eigenvalue weighted by molar-refractivity contribution is 0.461. The first-order chi connectivity index (χ1) is 8.19. The Morgan fingerprint density at radius 2 is 2.06 bits per heavy atom. The van der Waals surface area contributed by atoms with Gasteiger partial charge in [0, 0.05) is 0 Å². The molecule has 0 unspecified atom stereocenters. The van der Waals surface area contributed by atoms with E-state index in [4.69, 9.17) is 21.5 Å². The van der Waals surface area contributed by atoms with E-state index in [9.17, 15) is 0 Å². The van der Waals surface area contributed by atoms with Gasteiger partial charge < -0.3 is 16.2 Å². The molecule has 0 bridgehead atoms. The lowest BCUT2D eigenvalue weighted by Gasteiger charge is -2.05. The molecule has 1 aromatic heterocycles. The van der Waals surface area contributed by atoms with E-state index in [1.807, 2.05) is 6.07 Å². The van der Waals surface area contributed by atoms with Crippen LogP contribution in [-0.2, 0) is 0 Å². The van der Waals surface area contributed by atoms with Gasteiger partial charge in [-0.1, -0.05) is 6.07 Å². The second-order valence-electron chi connectivity index (χ2n) is 3.22. The first kappa shape index (κ1) is 10.7. The number of rotatable bonds is 2. The van der Waals surface area contributed by atoms with Gasteiger partial charge in [0.05, 0.1) is 17.8 Å². The van der Waals surface area contributed by atoms with Gasteiger partial charge in [0.1, 0.15) is 5.75 Å². The van der Waals surface area contributed by atoms with Gasteiger partial charge in [-0.3, -0.25) is 0 Å². The number of ether oxygens (including phenoxy) is 1. The first-order valence-corrected chi connectivity index (χ1v) is 4.75. The fraction of sp³-hybridized carbons (Fsp3) is 0. The molecule has 17 heavy (non-hydrogen) atoms. The Bertz CT molecular complexity index is 591. The smallest absolute Gasteiger partial charge is 0.239 e. The molecule has 1 aromatic carbocycles. The van der Waals surface area contributed by atoms with Gasteiger partial charge in [-0.25, -0.2) is 4.98 Å². The average molecular weight is 227 g/mol. The van der Waals surface area contributed by atoms with Crippen molar-refractivity contribution in [1.82, 2.24) is 9.97 Å². The number of nitrogens with zero attached hydrogens (tertiary/aromatic N) is 3. The number of benzene rings is 1. The topological polar surface area (TPSA) is 111 Å². The van der Waals surface area contributed by atoms with E-state index in [1.54, 1.807) is 24.3 Å². The van der Waals surface area contributed by atoms with E-state index in [1.165, 1.54) is 6.20 Å². The molecule has 0 atom stereocenters. The predicted octanol–water partition coefficient (Wildman–Crippen LogP) is 1.30. The van der Waals surface area contributed by atoms with Crippen LogP contribution in [0.25, 0.3) is 0 Å². The van der Waals surface area contributed by atoms with Gasteiger partial charge in [0.15, 0.2) is 11.6 Å². The number of anilines is 2. The highest BCUT2D eigenvalue weighted by molar-refractivity contribution is 5.52. The van der Waals surface area contributed by atoms with Crippen molar-refractivity contribution in [2.24, 2.45) is 0 Å². The van der Waals surface area contributed by atoms with Crippen LogP contribution in [0.5, 0.6) is 11.6 Å². The summed E-state index contributed by atoms with van der Waals surface area (Å²) in [7, 11) is 0. The third-order valence-electron chi connectivity index (χ3n) is 1.99. The number of aromatic nitrogens is 2. The molecule has 2 aromatic rings. The maximum absolute atomic E-state index is 8.74. The van der Waals surface area contributed by atoms with E-state index >= 15 is 0 Å². The molecule has 84 valence electrons. The minimum absolute atomic E-state index is 0.110. The quantitative estimate of drug-likeness (QED) is 0.799. The van der Waals surface area contributed by atoms with Crippen molar-refractivity contribution in [2.45, 2.75) is 0 Å². The Labute approximate surface area is 97.5 Å². The van der Waals surface area contributed by atoms with Crippen LogP contribution in [-0.4, -0.2) is 9.97 Å². The van der Waals surface area contributed by atoms with Crippen LogP contribution in [0.1, 0.15) is 5.56 Å². The lowest BCUT2D eigenvalue weighted by Crippen LogP contribution is -2.01. The average Bonchev–Trinajstić information content (AvgIpc) is 2.34. The normalized spacial score (nSPS) is 9.59. The highest BCUT2D eigenvalue weighted by atomic mass is 16.5. The molecule has 0 aliphatic heterocycles. The van der Waals surface area contributed by atoms with Crippen LogP contribution in [0.15, 0.2) is 30.5 Å². The highest BCUT2D eigenvalue weighted by Crippen LogP contribution is 2.21. The zero-order chi connectivity index (χ0) is 12.3. The monoisotopic (exact) mass is 227 g/mol. The van der Waals surface area contributed by atoms with Crippen LogP contribution in [0.2, 0.25) is 0 Å². The molecular weight excluding hydrogens is 218 g/mol. The summed E-state index contributed by atoms with van der Waals surface area (Å²) in [6.07, 6.45) is 1.37. The standard InChI is InChI=1S/C11H9N5O/c12-5-7-2-1-3-8(4-7)17-9-6-15-10(13)11(14)16-9/h1-4,6H,(H2,13,15)(H2,14,16). The van der Waals surface area contributed by atoms with E-state index in [0.29, 0.717) is 11.3 Å². The van der Waals surface area contributed by atoms with E-state index in [2.05, 4.69) is 9.97 Å². The largest absolute Gasteiger partial charge is 0.437 e. The van der Waals surface area contributed by atoms with Crippen molar-refractivity contribution in [3.63, 3.8) is 0 Å². The minimum atomic E-state index is 0.110. The summed E-state index contributed by atoms with van der Waals surface area (Å²) in [6.45, 7) is 0. The third-order valence-corrected chi connectivity index (χ3v) is 1.99. The molecule has 0 aliphatic carbocycles. The van der Waals surface area contributed by atoms with Crippen LogP contribution >= 0.6 is 0 Å². The lowest BCUT2D eigenvalue weighted by atomic mass is 10.2. The maximum Gasteiger partial charge on any atom is 0.239 e.